The number of rotatable bonds is 19. The molecule has 0 radical (unpaired) electrons. The van der Waals surface area contributed by atoms with Crippen molar-refractivity contribution in [1.82, 2.24) is 20.9 Å². The number of carbonyl (C=O) groups is 7. The molecule has 1 aliphatic heterocycles. The molecule has 5 atom stereocenters. The first kappa shape index (κ1) is 39.2. The number of carbonyl (C=O) groups excluding carboxylic acids is 5. The lowest BCUT2D eigenvalue weighted by Crippen LogP contribution is -2.58. The van der Waals surface area contributed by atoms with Gasteiger partial charge in [0.15, 0.2) is 11.7 Å². The van der Waals surface area contributed by atoms with Gasteiger partial charge in [0.05, 0.1) is 18.4 Å². The highest BCUT2D eigenvalue weighted by Gasteiger charge is 2.39. The van der Waals surface area contributed by atoms with Crippen molar-refractivity contribution < 1.29 is 43.8 Å². The Labute approximate surface area is 279 Å². The fourth-order valence-electron chi connectivity index (χ4n) is 5.55. The predicted molar refractivity (Wildman–Crippen MR) is 174 cm³/mol. The van der Waals surface area contributed by atoms with Crippen LogP contribution in [0.25, 0.3) is 0 Å². The Bertz CT molecular complexity index is 1350. The molecule has 1 fully saturated rings. The van der Waals surface area contributed by atoms with Crippen LogP contribution in [-0.2, 0) is 40.0 Å². The van der Waals surface area contributed by atoms with Gasteiger partial charge in [0, 0.05) is 26.4 Å². The molecule has 0 aliphatic carbocycles. The molecule has 1 aromatic carbocycles. The molecule has 48 heavy (non-hydrogen) atoms. The van der Waals surface area contributed by atoms with E-state index in [2.05, 4.69) is 20.9 Å². The summed E-state index contributed by atoms with van der Waals surface area (Å²) in [6.07, 6.45) is 0.0985. The van der Waals surface area contributed by atoms with E-state index in [4.69, 9.17) is 11.5 Å². The third kappa shape index (κ3) is 12.6. The summed E-state index contributed by atoms with van der Waals surface area (Å²) in [5, 5.41) is 26.8. The van der Waals surface area contributed by atoms with Crippen molar-refractivity contribution in [2.45, 2.75) is 89.9 Å². The summed E-state index contributed by atoms with van der Waals surface area (Å²) in [6.45, 7) is 4.94. The molecule has 16 heteroatoms. The van der Waals surface area contributed by atoms with Crippen molar-refractivity contribution in [2.24, 2.45) is 28.3 Å². The van der Waals surface area contributed by atoms with Crippen molar-refractivity contribution in [1.29, 1.82) is 0 Å². The minimum absolute atomic E-state index is 0.0913. The van der Waals surface area contributed by atoms with Gasteiger partial charge in [0.25, 0.3) is 0 Å². The number of likely N-dealkylation sites (tertiary alicyclic amines) is 1. The first-order valence-corrected chi connectivity index (χ1v) is 15.9. The van der Waals surface area contributed by atoms with Gasteiger partial charge in [-0.15, -0.1) is 0 Å². The summed E-state index contributed by atoms with van der Waals surface area (Å²) in [7, 11) is 0. The first-order chi connectivity index (χ1) is 22.6. The zero-order chi connectivity index (χ0) is 36.0. The molecule has 0 aromatic heterocycles. The van der Waals surface area contributed by atoms with E-state index < -0.39 is 83.8 Å². The van der Waals surface area contributed by atoms with Crippen molar-refractivity contribution in [2.75, 3.05) is 13.1 Å². The van der Waals surface area contributed by atoms with Gasteiger partial charge in [0.1, 0.15) is 18.1 Å². The molecule has 1 saturated heterocycles. The number of guanidine groups is 1. The Morgan fingerprint density at radius 1 is 0.958 bits per heavy atom. The van der Waals surface area contributed by atoms with Crippen LogP contribution in [0, 0.1) is 11.8 Å². The Balaban J connectivity index is 2.17. The number of nitrogens with one attached hydrogen (secondary N) is 3. The molecule has 4 amide bonds. The van der Waals surface area contributed by atoms with E-state index in [1.807, 2.05) is 0 Å². The summed E-state index contributed by atoms with van der Waals surface area (Å²) in [5.74, 6) is -7.52. The number of carboxylic acid groups (broad SMARTS) is 2. The van der Waals surface area contributed by atoms with Crippen LogP contribution in [0.15, 0.2) is 35.3 Å². The number of amides is 4. The number of hydrogen-bond donors (Lipinski definition) is 7. The second-order valence-corrected chi connectivity index (χ2v) is 12.2. The van der Waals surface area contributed by atoms with E-state index in [0.717, 1.165) is 5.56 Å². The third-order valence-corrected chi connectivity index (χ3v) is 7.90. The van der Waals surface area contributed by atoms with Crippen LogP contribution in [0.4, 0.5) is 0 Å². The van der Waals surface area contributed by atoms with Crippen LogP contribution in [0.3, 0.4) is 0 Å². The predicted octanol–water partition coefficient (Wildman–Crippen LogP) is -0.461. The number of hydrogen-bond acceptors (Lipinski definition) is 8. The molecule has 264 valence electrons. The van der Waals surface area contributed by atoms with E-state index >= 15 is 0 Å². The maximum Gasteiger partial charge on any atom is 0.307 e. The second-order valence-electron chi connectivity index (χ2n) is 12.2. The molecule has 0 bridgehead atoms. The number of aliphatic imine (C=N–C) groups is 1. The Hall–Kier alpha value is -5.02. The lowest BCUT2D eigenvalue weighted by molar-refractivity contribution is -0.145. The van der Waals surface area contributed by atoms with Crippen LogP contribution in [-0.4, -0.2) is 99.7 Å². The van der Waals surface area contributed by atoms with Gasteiger partial charge in [-0.3, -0.25) is 38.6 Å². The highest BCUT2D eigenvalue weighted by atomic mass is 16.4. The number of nitrogens with two attached hydrogens (primary N) is 2. The van der Waals surface area contributed by atoms with Gasteiger partial charge in [-0.05, 0) is 43.6 Å². The Morgan fingerprint density at radius 2 is 1.62 bits per heavy atom. The fraction of sp³-hybridized carbons (Fsp3) is 0.562. The smallest absolute Gasteiger partial charge is 0.307 e. The maximum absolute atomic E-state index is 13.5. The summed E-state index contributed by atoms with van der Waals surface area (Å²) in [4.78, 5) is 94.3. The summed E-state index contributed by atoms with van der Waals surface area (Å²) < 4.78 is 0. The van der Waals surface area contributed by atoms with E-state index in [-0.39, 0.29) is 44.7 Å². The van der Waals surface area contributed by atoms with Gasteiger partial charge in [0.2, 0.25) is 23.6 Å². The molecule has 0 spiro atoms. The minimum atomic E-state index is -1.60. The van der Waals surface area contributed by atoms with Crippen LogP contribution < -0.4 is 27.4 Å². The molecule has 1 unspecified atom stereocenters. The van der Waals surface area contributed by atoms with Crippen molar-refractivity contribution in [3.63, 3.8) is 0 Å². The van der Waals surface area contributed by atoms with Crippen LogP contribution >= 0.6 is 0 Å². The average molecular weight is 674 g/mol. The quantitative estimate of drug-likeness (QED) is 0.0561. The standard InChI is InChI=1S/C32H47N7O9/c1-18(2)27(25(41)16-21(31(47)48)15-20-9-5-4-6-10-20)38-28(44)23(17-26(42)43)37-29(45)24-12-8-14-39(24)30(46)22(36-19(3)40)11-7-13-35-32(33)34/h4-6,9-10,18,21-24,27H,7-8,11-17H2,1-3H3,(H,36,40)(H,37,45)(H,38,44)(H,42,43)(H,47,48)(H4,33,34,35)/t21?,22-,23-,24-,27-/m0/s1. The highest BCUT2D eigenvalue weighted by molar-refractivity contribution is 5.97. The lowest BCUT2D eigenvalue weighted by atomic mass is 9.89. The minimum Gasteiger partial charge on any atom is -0.481 e. The maximum atomic E-state index is 13.5. The number of aliphatic carboxylic acids is 2. The van der Waals surface area contributed by atoms with Crippen molar-refractivity contribution in [3.8, 4) is 0 Å². The van der Waals surface area contributed by atoms with Gasteiger partial charge in [-0.2, -0.15) is 0 Å². The molecule has 1 aromatic rings. The Kier molecular flexibility index (Phi) is 15.5. The number of benzene rings is 1. The van der Waals surface area contributed by atoms with Crippen LogP contribution in [0.2, 0.25) is 0 Å². The molecule has 9 N–H and O–H groups in total. The normalized spacial score (nSPS) is 16.6. The SMILES string of the molecule is CC(=O)N[C@@H](CCCN=C(N)N)C(=O)N1CCC[C@H]1C(=O)N[C@@H](CC(=O)O)C(=O)N[C@H](C(=O)CC(Cc1ccccc1)C(=O)O)C(C)C. The van der Waals surface area contributed by atoms with Gasteiger partial charge >= 0.3 is 11.9 Å². The average Bonchev–Trinajstić information content (AvgIpc) is 3.50. The molecule has 0 saturated carbocycles. The molecule has 1 heterocycles. The molecular weight excluding hydrogens is 626 g/mol. The van der Waals surface area contributed by atoms with Gasteiger partial charge < -0.3 is 42.5 Å². The summed E-state index contributed by atoms with van der Waals surface area (Å²) in [5.41, 5.74) is 11.4. The van der Waals surface area contributed by atoms with Crippen LogP contribution in [0.1, 0.15) is 64.9 Å². The van der Waals surface area contributed by atoms with E-state index in [0.29, 0.717) is 12.8 Å². The number of Topliss-reactive ketones (excluding diaryl/α,β-unsaturated/α-hetero) is 1. The van der Waals surface area contributed by atoms with E-state index in [1.54, 1.807) is 44.2 Å². The fourth-order valence-corrected chi connectivity index (χ4v) is 5.55. The highest BCUT2D eigenvalue weighted by Crippen LogP contribution is 2.21. The topological polar surface area (TPSA) is 264 Å². The largest absolute Gasteiger partial charge is 0.481 e. The van der Waals surface area contributed by atoms with E-state index in [9.17, 15) is 43.8 Å². The zero-order valence-electron chi connectivity index (χ0n) is 27.5. The molecule has 1 aliphatic rings. The second kappa shape index (κ2) is 19.0. The van der Waals surface area contributed by atoms with E-state index in [1.165, 1.54) is 11.8 Å². The molecular formula is C32H47N7O9. The van der Waals surface area contributed by atoms with Crippen molar-refractivity contribution >= 4 is 47.3 Å². The number of carboxylic acids is 2. The summed E-state index contributed by atoms with van der Waals surface area (Å²) in [6, 6.07) is 3.99. The molecule has 2 rings (SSSR count). The lowest BCUT2D eigenvalue weighted by Gasteiger charge is -2.30. The third-order valence-electron chi connectivity index (χ3n) is 7.90. The Morgan fingerprint density at radius 3 is 2.19 bits per heavy atom. The van der Waals surface area contributed by atoms with Gasteiger partial charge in [-0.25, -0.2) is 0 Å². The van der Waals surface area contributed by atoms with Crippen molar-refractivity contribution in [3.05, 3.63) is 35.9 Å². The molecule has 16 nitrogen and oxygen atoms in total. The summed E-state index contributed by atoms with van der Waals surface area (Å²) >= 11 is 0. The van der Waals surface area contributed by atoms with Gasteiger partial charge in [-0.1, -0.05) is 44.2 Å². The van der Waals surface area contributed by atoms with Crippen LogP contribution in [0.5, 0.6) is 0 Å². The zero-order valence-corrected chi connectivity index (χ0v) is 27.5. The number of ketones is 1. The number of nitrogens with zero attached hydrogens (tertiary/aromatic N) is 2. The monoisotopic (exact) mass is 673 g/mol. The first-order valence-electron chi connectivity index (χ1n) is 15.9.